The van der Waals surface area contributed by atoms with E-state index in [0.717, 1.165) is 12.7 Å². The second kappa shape index (κ2) is 13.8. The summed E-state index contributed by atoms with van der Waals surface area (Å²) < 4.78 is 28.4. The lowest BCUT2D eigenvalue weighted by Crippen LogP contribution is -2.60. The predicted octanol–water partition coefficient (Wildman–Crippen LogP) is -1.51. The average molecular weight is 611 g/mol. The molecule has 2 aliphatic heterocycles. The molecule has 2 aromatic rings. The molecule has 8 N–H and O–H groups in total. The van der Waals surface area contributed by atoms with E-state index in [9.17, 15) is 45.6 Å². The third kappa shape index (κ3) is 6.49. The lowest BCUT2D eigenvalue weighted by Gasteiger charge is -2.40. The maximum atomic E-state index is 13.4. The molecule has 0 saturated carbocycles. The SMILES string of the molecule is COC(=O)c1c(CC=C(C)C)c(O[C@H]2O[C@@H](CO)[C@H](O)[C@@H](O)[C@@H]2O)c2ccccc2c1O[C@@H]1O[C@H](CO)[C@@H](O)[C@H](O)[C@@H]1O. The van der Waals surface area contributed by atoms with Crippen molar-refractivity contribution in [3.05, 3.63) is 47.0 Å². The Bertz CT molecular complexity index is 1310. The fourth-order valence-corrected chi connectivity index (χ4v) is 5.06. The van der Waals surface area contributed by atoms with Crippen molar-refractivity contribution in [2.24, 2.45) is 0 Å². The molecule has 0 unspecified atom stereocenters. The Hall–Kier alpha value is -2.89. The smallest absolute Gasteiger partial charge is 0.342 e. The number of hydrogen-bond acceptors (Lipinski definition) is 14. The van der Waals surface area contributed by atoms with Crippen molar-refractivity contribution >= 4 is 16.7 Å². The lowest BCUT2D eigenvalue weighted by molar-refractivity contribution is -0.277. The Morgan fingerprint density at radius 2 is 1.23 bits per heavy atom. The van der Waals surface area contributed by atoms with Crippen LogP contribution in [0.25, 0.3) is 10.8 Å². The van der Waals surface area contributed by atoms with E-state index in [1.165, 1.54) is 0 Å². The third-order valence-electron chi connectivity index (χ3n) is 7.49. The van der Waals surface area contributed by atoms with Gasteiger partial charge in [-0.3, -0.25) is 0 Å². The number of benzene rings is 2. The average Bonchev–Trinajstić information content (AvgIpc) is 3.00. The summed E-state index contributed by atoms with van der Waals surface area (Å²) in [4.78, 5) is 13.4. The standard InChI is InChI=1S/C29H38O14/c1-12(2)8-9-15-18(27(38)39-3)26(43-29-24(37)22(35)20(33)17(11-31)41-29)14-7-5-4-6-13(14)25(15)42-28-23(36)21(34)19(32)16(10-30)40-28/h4-8,16-17,19-24,28-37H,9-11H2,1-3H3/t16-,17+,19-,20+,21+,22-,23-,24-,28+,29-/m0/s1. The summed E-state index contributed by atoms with van der Waals surface area (Å²) in [6.45, 7) is 2.26. The molecule has 2 aromatic carbocycles. The van der Waals surface area contributed by atoms with Crippen molar-refractivity contribution in [2.45, 2.75) is 81.7 Å². The van der Waals surface area contributed by atoms with E-state index in [1.54, 1.807) is 30.3 Å². The quantitative estimate of drug-likeness (QED) is 0.119. The highest BCUT2D eigenvalue weighted by atomic mass is 16.7. The molecule has 10 atom stereocenters. The molecule has 4 rings (SSSR count). The number of aliphatic hydroxyl groups is 8. The summed E-state index contributed by atoms with van der Waals surface area (Å²) in [5, 5.41) is 82.4. The highest BCUT2D eigenvalue weighted by Crippen LogP contribution is 2.44. The molecule has 0 amide bonds. The maximum absolute atomic E-state index is 13.4. The highest BCUT2D eigenvalue weighted by Gasteiger charge is 2.47. The van der Waals surface area contributed by atoms with Gasteiger partial charge in [-0.2, -0.15) is 0 Å². The van der Waals surface area contributed by atoms with E-state index in [-0.39, 0.29) is 34.4 Å². The minimum atomic E-state index is -1.78. The maximum Gasteiger partial charge on any atom is 0.342 e. The fraction of sp³-hybridized carbons (Fsp3) is 0.552. The third-order valence-corrected chi connectivity index (χ3v) is 7.49. The Morgan fingerprint density at radius 3 is 1.67 bits per heavy atom. The van der Waals surface area contributed by atoms with Gasteiger partial charge in [0.15, 0.2) is 0 Å². The minimum Gasteiger partial charge on any atom is -0.465 e. The first-order valence-electron chi connectivity index (χ1n) is 13.7. The Balaban J connectivity index is 1.93. The van der Waals surface area contributed by atoms with Gasteiger partial charge in [-0.05, 0) is 20.3 Å². The van der Waals surface area contributed by atoms with Crippen LogP contribution in [-0.4, -0.2) is 129 Å². The number of rotatable bonds is 9. The monoisotopic (exact) mass is 610 g/mol. The van der Waals surface area contributed by atoms with Gasteiger partial charge in [0, 0.05) is 16.3 Å². The van der Waals surface area contributed by atoms with E-state index in [2.05, 4.69) is 0 Å². The number of ether oxygens (including phenoxy) is 5. The highest BCUT2D eigenvalue weighted by molar-refractivity contribution is 6.06. The Kier molecular flexibility index (Phi) is 10.6. The largest absolute Gasteiger partial charge is 0.465 e. The van der Waals surface area contributed by atoms with Crippen LogP contribution in [0.1, 0.15) is 29.8 Å². The number of carbonyl (C=O) groups is 1. The summed E-state index contributed by atoms with van der Waals surface area (Å²) in [6, 6.07) is 6.45. The number of aliphatic hydroxyl groups excluding tert-OH is 8. The van der Waals surface area contributed by atoms with Gasteiger partial charge in [0.2, 0.25) is 12.6 Å². The molecule has 0 aliphatic carbocycles. The van der Waals surface area contributed by atoms with Crippen LogP contribution in [0.15, 0.2) is 35.9 Å². The van der Waals surface area contributed by atoms with E-state index in [0.29, 0.717) is 5.39 Å². The molecule has 2 heterocycles. The summed E-state index contributed by atoms with van der Waals surface area (Å²) >= 11 is 0. The van der Waals surface area contributed by atoms with Gasteiger partial charge in [-0.1, -0.05) is 35.9 Å². The van der Waals surface area contributed by atoms with Crippen LogP contribution in [0.4, 0.5) is 0 Å². The Labute approximate surface area is 246 Å². The summed E-state index contributed by atoms with van der Waals surface area (Å²) in [6.07, 6.45) is -14.2. The molecule has 2 aliphatic rings. The van der Waals surface area contributed by atoms with Crippen molar-refractivity contribution < 1.29 is 69.3 Å². The van der Waals surface area contributed by atoms with Crippen molar-refractivity contribution in [3.63, 3.8) is 0 Å². The van der Waals surface area contributed by atoms with Gasteiger partial charge in [0.05, 0.1) is 20.3 Å². The molecule has 43 heavy (non-hydrogen) atoms. The van der Waals surface area contributed by atoms with Crippen LogP contribution in [0.2, 0.25) is 0 Å². The molecule has 2 saturated heterocycles. The van der Waals surface area contributed by atoms with Gasteiger partial charge >= 0.3 is 5.97 Å². The van der Waals surface area contributed by atoms with Crippen molar-refractivity contribution in [1.82, 2.24) is 0 Å². The van der Waals surface area contributed by atoms with E-state index in [4.69, 9.17) is 23.7 Å². The van der Waals surface area contributed by atoms with Crippen molar-refractivity contribution in [3.8, 4) is 11.5 Å². The minimum absolute atomic E-state index is 0.0268. The van der Waals surface area contributed by atoms with Crippen LogP contribution in [-0.2, 0) is 20.6 Å². The molecule has 0 aromatic heterocycles. The molecule has 2 fully saturated rings. The molecule has 0 bridgehead atoms. The van der Waals surface area contributed by atoms with Crippen LogP contribution in [0.5, 0.6) is 11.5 Å². The van der Waals surface area contributed by atoms with E-state index >= 15 is 0 Å². The van der Waals surface area contributed by atoms with Crippen LogP contribution >= 0.6 is 0 Å². The lowest BCUT2D eigenvalue weighted by atomic mass is 9.94. The normalized spacial score (nSPS) is 32.7. The molecule has 0 radical (unpaired) electrons. The number of hydrogen-bond donors (Lipinski definition) is 8. The summed E-state index contributed by atoms with van der Waals surface area (Å²) in [5.41, 5.74) is 0.873. The van der Waals surface area contributed by atoms with E-state index in [1.807, 2.05) is 13.8 Å². The van der Waals surface area contributed by atoms with Crippen LogP contribution in [0.3, 0.4) is 0 Å². The van der Waals surface area contributed by atoms with Gasteiger partial charge < -0.3 is 64.5 Å². The zero-order chi connectivity index (χ0) is 31.6. The summed E-state index contributed by atoms with van der Waals surface area (Å²) in [5.74, 6) is -0.995. The molecule has 238 valence electrons. The predicted molar refractivity (Wildman–Crippen MR) is 147 cm³/mol. The zero-order valence-electron chi connectivity index (χ0n) is 23.8. The second-order valence-corrected chi connectivity index (χ2v) is 10.7. The van der Waals surface area contributed by atoms with Gasteiger partial charge in [-0.25, -0.2) is 4.79 Å². The molecule has 14 heteroatoms. The van der Waals surface area contributed by atoms with Crippen molar-refractivity contribution in [1.29, 1.82) is 0 Å². The number of allylic oxidation sites excluding steroid dienone is 2. The Morgan fingerprint density at radius 1 is 0.767 bits per heavy atom. The van der Waals surface area contributed by atoms with Gasteiger partial charge in [0.25, 0.3) is 0 Å². The number of methoxy groups -OCH3 is 1. The molecular formula is C29H38O14. The van der Waals surface area contributed by atoms with Gasteiger partial charge in [0.1, 0.15) is 65.9 Å². The van der Waals surface area contributed by atoms with Crippen molar-refractivity contribution in [2.75, 3.05) is 20.3 Å². The topological polar surface area (TPSA) is 225 Å². The van der Waals surface area contributed by atoms with Gasteiger partial charge in [-0.15, -0.1) is 0 Å². The number of fused-ring (bicyclic) bond motifs is 1. The zero-order valence-corrected chi connectivity index (χ0v) is 23.8. The molecule has 14 nitrogen and oxygen atoms in total. The first-order chi connectivity index (χ1) is 20.4. The van der Waals surface area contributed by atoms with E-state index < -0.39 is 80.6 Å². The summed E-state index contributed by atoms with van der Waals surface area (Å²) in [7, 11) is 1.14. The number of esters is 1. The first-order valence-corrected chi connectivity index (χ1v) is 13.7. The number of carbonyl (C=O) groups excluding carboxylic acids is 1. The first kappa shape index (κ1) is 33.0. The molecule has 0 spiro atoms. The van der Waals surface area contributed by atoms with Crippen LogP contribution < -0.4 is 9.47 Å². The van der Waals surface area contributed by atoms with Crippen LogP contribution in [0, 0.1) is 0 Å². The fourth-order valence-electron chi connectivity index (χ4n) is 5.06. The molecular weight excluding hydrogens is 572 g/mol. The second-order valence-electron chi connectivity index (χ2n) is 10.7.